The molecule has 1 aromatic rings. The van der Waals surface area contributed by atoms with Gasteiger partial charge in [0.25, 0.3) is 0 Å². The van der Waals surface area contributed by atoms with Crippen molar-refractivity contribution in [2.45, 2.75) is 65.8 Å². The second-order valence-corrected chi connectivity index (χ2v) is 5.52. The van der Waals surface area contributed by atoms with Gasteiger partial charge in [-0.25, -0.2) is 0 Å². The van der Waals surface area contributed by atoms with Gasteiger partial charge >= 0.3 is 0 Å². The van der Waals surface area contributed by atoms with Gasteiger partial charge in [0.1, 0.15) is 0 Å². The average Bonchev–Trinajstić information content (AvgIpc) is 2.88. The molecule has 0 spiro atoms. The van der Waals surface area contributed by atoms with Crippen molar-refractivity contribution in [2.24, 2.45) is 0 Å². The summed E-state index contributed by atoms with van der Waals surface area (Å²) in [5, 5.41) is 8.13. The molecular formula is C17H31N3. The quantitative estimate of drug-likeness (QED) is 0.515. The number of rotatable bonds is 10. The summed E-state index contributed by atoms with van der Waals surface area (Å²) in [6.45, 7) is 11.0. The van der Waals surface area contributed by atoms with Gasteiger partial charge in [-0.1, -0.05) is 32.4 Å². The van der Waals surface area contributed by atoms with Crippen LogP contribution in [0.3, 0.4) is 0 Å². The molecule has 3 nitrogen and oxygen atoms in total. The fourth-order valence-corrected chi connectivity index (χ4v) is 2.42. The lowest BCUT2D eigenvalue weighted by Crippen LogP contribution is -2.15. The fourth-order valence-electron chi connectivity index (χ4n) is 2.42. The minimum atomic E-state index is 0.547. The second-order valence-electron chi connectivity index (χ2n) is 5.52. The Morgan fingerprint density at radius 1 is 1.30 bits per heavy atom. The molecule has 0 radical (unpaired) electrons. The molecule has 114 valence electrons. The second kappa shape index (κ2) is 9.76. The van der Waals surface area contributed by atoms with Crippen molar-refractivity contribution in [3.05, 3.63) is 29.6 Å². The molecule has 0 saturated heterocycles. The zero-order valence-electron chi connectivity index (χ0n) is 13.7. The predicted octanol–water partition coefficient (Wildman–Crippen LogP) is 4.12. The number of aromatic nitrogens is 2. The van der Waals surface area contributed by atoms with E-state index in [2.05, 4.69) is 56.0 Å². The Balaban J connectivity index is 2.41. The molecule has 0 aromatic carbocycles. The molecule has 0 fully saturated rings. The van der Waals surface area contributed by atoms with Crippen LogP contribution in [0, 0.1) is 0 Å². The smallest absolute Gasteiger partial charge is 0.0664 e. The molecule has 0 aliphatic heterocycles. The highest BCUT2D eigenvalue weighted by Gasteiger charge is 2.07. The molecule has 1 rings (SSSR count). The van der Waals surface area contributed by atoms with E-state index in [4.69, 9.17) is 5.10 Å². The Kier molecular flexibility index (Phi) is 8.28. The maximum atomic E-state index is 4.71. The molecule has 0 unspecified atom stereocenters. The number of hydrogen-bond donors (Lipinski definition) is 1. The molecular weight excluding hydrogens is 246 g/mol. The van der Waals surface area contributed by atoms with E-state index in [1.165, 1.54) is 17.7 Å². The lowest BCUT2D eigenvalue weighted by molar-refractivity contribution is 0.426. The van der Waals surface area contributed by atoms with Gasteiger partial charge in [-0.3, -0.25) is 4.68 Å². The molecule has 0 saturated carbocycles. The number of allylic oxidation sites excluding steroid dienone is 1. The van der Waals surface area contributed by atoms with E-state index in [1.807, 2.05) is 0 Å². The van der Waals surface area contributed by atoms with Crippen LogP contribution in [0.2, 0.25) is 0 Å². The monoisotopic (exact) mass is 277 g/mol. The summed E-state index contributed by atoms with van der Waals surface area (Å²) in [7, 11) is 0. The van der Waals surface area contributed by atoms with Gasteiger partial charge in [-0.2, -0.15) is 5.10 Å². The maximum absolute atomic E-state index is 4.71. The van der Waals surface area contributed by atoms with Crippen molar-refractivity contribution < 1.29 is 0 Å². The molecule has 0 aliphatic carbocycles. The van der Waals surface area contributed by atoms with Crippen LogP contribution < -0.4 is 5.32 Å². The third-order valence-corrected chi connectivity index (χ3v) is 3.68. The third-order valence-electron chi connectivity index (χ3n) is 3.68. The first kappa shape index (κ1) is 17.0. The van der Waals surface area contributed by atoms with Crippen LogP contribution in [-0.4, -0.2) is 22.9 Å². The number of nitrogens with one attached hydrogen (secondary N) is 1. The van der Waals surface area contributed by atoms with Crippen molar-refractivity contribution in [2.75, 3.05) is 13.1 Å². The van der Waals surface area contributed by atoms with E-state index in [0.29, 0.717) is 6.04 Å². The Labute approximate surface area is 124 Å². The summed E-state index contributed by atoms with van der Waals surface area (Å²) in [6, 6.07) is 2.71. The first-order valence-electron chi connectivity index (χ1n) is 8.11. The van der Waals surface area contributed by atoms with Gasteiger partial charge in [0, 0.05) is 12.6 Å². The summed E-state index contributed by atoms with van der Waals surface area (Å²) in [6.07, 6.45) is 10.0. The van der Waals surface area contributed by atoms with Crippen LogP contribution >= 0.6 is 0 Å². The highest BCUT2D eigenvalue weighted by molar-refractivity contribution is 5.12. The van der Waals surface area contributed by atoms with Crippen molar-refractivity contribution in [1.82, 2.24) is 15.1 Å². The largest absolute Gasteiger partial charge is 0.316 e. The standard InChI is InChI=1S/C17H31N3/c1-5-11-18-12-8-9-15(4)14-16-10-13-20(19-16)17(6-2)7-3/h9-10,13,17-18H,5-8,11-12,14H2,1-4H3. The van der Waals surface area contributed by atoms with Crippen molar-refractivity contribution in [3.8, 4) is 0 Å². The SMILES string of the molecule is CCCNCCC=C(C)Cc1ccn(C(CC)CC)n1. The van der Waals surface area contributed by atoms with Crippen LogP contribution in [0.25, 0.3) is 0 Å². The lowest BCUT2D eigenvalue weighted by Gasteiger charge is -2.12. The average molecular weight is 277 g/mol. The highest BCUT2D eigenvalue weighted by Crippen LogP contribution is 2.15. The summed E-state index contributed by atoms with van der Waals surface area (Å²) < 4.78 is 2.13. The van der Waals surface area contributed by atoms with E-state index in [1.54, 1.807) is 0 Å². The molecule has 0 amide bonds. The topological polar surface area (TPSA) is 29.9 Å². The van der Waals surface area contributed by atoms with Gasteiger partial charge in [-0.15, -0.1) is 0 Å². The summed E-state index contributed by atoms with van der Waals surface area (Å²) in [5.41, 5.74) is 2.60. The molecule has 0 bridgehead atoms. The molecule has 20 heavy (non-hydrogen) atoms. The molecule has 0 aliphatic rings. The van der Waals surface area contributed by atoms with Crippen LogP contribution in [0.1, 0.15) is 65.1 Å². The Bertz CT molecular complexity index is 389. The Morgan fingerprint density at radius 2 is 2.05 bits per heavy atom. The van der Waals surface area contributed by atoms with E-state index in [0.717, 1.165) is 38.8 Å². The summed E-state index contributed by atoms with van der Waals surface area (Å²) in [4.78, 5) is 0. The van der Waals surface area contributed by atoms with Crippen LogP contribution in [0.15, 0.2) is 23.9 Å². The summed E-state index contributed by atoms with van der Waals surface area (Å²) in [5.74, 6) is 0. The first-order chi connectivity index (χ1) is 9.71. The molecule has 3 heteroatoms. The zero-order valence-corrected chi connectivity index (χ0v) is 13.7. The molecule has 1 heterocycles. The van der Waals surface area contributed by atoms with Gasteiger partial charge in [0.2, 0.25) is 0 Å². The predicted molar refractivity (Wildman–Crippen MR) is 87.1 cm³/mol. The van der Waals surface area contributed by atoms with E-state index < -0.39 is 0 Å². The number of hydrogen-bond acceptors (Lipinski definition) is 2. The minimum Gasteiger partial charge on any atom is -0.316 e. The van der Waals surface area contributed by atoms with Gasteiger partial charge < -0.3 is 5.32 Å². The Morgan fingerprint density at radius 3 is 2.70 bits per heavy atom. The zero-order chi connectivity index (χ0) is 14.8. The molecule has 1 N–H and O–H groups in total. The Hall–Kier alpha value is -1.09. The van der Waals surface area contributed by atoms with E-state index >= 15 is 0 Å². The van der Waals surface area contributed by atoms with E-state index in [9.17, 15) is 0 Å². The minimum absolute atomic E-state index is 0.547. The van der Waals surface area contributed by atoms with Crippen LogP contribution in [0.5, 0.6) is 0 Å². The molecule has 1 aromatic heterocycles. The summed E-state index contributed by atoms with van der Waals surface area (Å²) >= 11 is 0. The van der Waals surface area contributed by atoms with Crippen LogP contribution in [0.4, 0.5) is 0 Å². The number of nitrogens with zero attached hydrogens (tertiary/aromatic N) is 2. The lowest BCUT2D eigenvalue weighted by atomic mass is 10.1. The van der Waals surface area contributed by atoms with E-state index in [-0.39, 0.29) is 0 Å². The van der Waals surface area contributed by atoms with Crippen molar-refractivity contribution in [1.29, 1.82) is 0 Å². The third kappa shape index (κ3) is 5.91. The fraction of sp³-hybridized carbons (Fsp3) is 0.706. The van der Waals surface area contributed by atoms with Gasteiger partial charge in [0.15, 0.2) is 0 Å². The highest BCUT2D eigenvalue weighted by atomic mass is 15.3. The normalized spacial score (nSPS) is 12.3. The van der Waals surface area contributed by atoms with Crippen molar-refractivity contribution in [3.63, 3.8) is 0 Å². The van der Waals surface area contributed by atoms with Gasteiger partial charge in [0.05, 0.1) is 11.7 Å². The van der Waals surface area contributed by atoms with Gasteiger partial charge in [-0.05, 0) is 51.8 Å². The van der Waals surface area contributed by atoms with Crippen LogP contribution in [-0.2, 0) is 6.42 Å². The van der Waals surface area contributed by atoms with Crippen molar-refractivity contribution >= 4 is 0 Å². The first-order valence-corrected chi connectivity index (χ1v) is 8.11. The maximum Gasteiger partial charge on any atom is 0.0664 e. The molecule has 0 atom stereocenters.